The quantitative estimate of drug-likeness (QED) is 0.635. The summed E-state index contributed by atoms with van der Waals surface area (Å²) in [6.45, 7) is 12.1. The maximum Gasteiger partial charge on any atom is 0.125 e. The van der Waals surface area contributed by atoms with Crippen LogP contribution in [0.25, 0.3) is 0 Å². The fraction of sp³-hybridized carbons (Fsp3) is 0.692. The number of hydrogen-bond acceptors (Lipinski definition) is 2. The number of carbonyl (C=O) groups is 1. The lowest BCUT2D eigenvalue weighted by molar-refractivity contribution is -0.113. The van der Waals surface area contributed by atoms with Gasteiger partial charge in [0.25, 0.3) is 0 Å². The van der Waals surface area contributed by atoms with E-state index in [0.717, 1.165) is 12.1 Å². The average Bonchev–Trinajstić information content (AvgIpc) is 2.50. The number of carbonyl (C=O) groups excluding carboxylic acids is 1. The zero-order chi connectivity index (χ0) is 13.0. The molecule has 0 aromatic carbocycles. The first kappa shape index (κ1) is 14.9. The van der Waals surface area contributed by atoms with Gasteiger partial charge in [0.05, 0.1) is 0 Å². The van der Waals surface area contributed by atoms with Crippen LogP contribution >= 0.6 is 0 Å². The summed E-state index contributed by atoms with van der Waals surface area (Å²) in [4.78, 5) is 14.1. The molecule has 0 amide bonds. The van der Waals surface area contributed by atoms with Crippen molar-refractivity contribution in [3.8, 4) is 0 Å². The van der Waals surface area contributed by atoms with Gasteiger partial charge in [-0.3, -0.25) is 0 Å². The summed E-state index contributed by atoms with van der Waals surface area (Å²) >= 11 is 0. The molecule has 0 unspecified atom stereocenters. The molecule has 0 bridgehead atoms. The number of aldehydes is 1. The minimum absolute atomic E-state index is 0.139. The van der Waals surface area contributed by atoms with Crippen LogP contribution in [0.2, 0.25) is 0 Å². The molecule has 0 aliphatic carbocycles. The zero-order valence-electron chi connectivity index (χ0n) is 11.5. The van der Waals surface area contributed by atoms with Crippen LogP contribution in [-0.2, 0) is 17.3 Å². The highest BCUT2D eigenvalue weighted by Gasteiger charge is 2.17. The molecule has 1 aromatic rings. The number of rotatable bonds is 0. The van der Waals surface area contributed by atoms with Crippen LogP contribution in [-0.4, -0.2) is 15.8 Å². The molecule has 0 spiro atoms. The predicted octanol–water partition coefficient (Wildman–Crippen LogP) is 2.95. The van der Waals surface area contributed by atoms with Gasteiger partial charge in [-0.1, -0.05) is 41.5 Å². The van der Waals surface area contributed by atoms with Crippen molar-refractivity contribution < 1.29 is 4.79 Å². The minimum atomic E-state index is -0.139. The van der Waals surface area contributed by atoms with Gasteiger partial charge >= 0.3 is 0 Å². The molecule has 0 N–H and O–H groups in total. The van der Waals surface area contributed by atoms with Crippen molar-refractivity contribution in [3.63, 3.8) is 0 Å². The zero-order valence-corrected chi connectivity index (χ0v) is 11.5. The highest BCUT2D eigenvalue weighted by Crippen LogP contribution is 2.18. The van der Waals surface area contributed by atoms with Crippen LogP contribution < -0.4 is 0 Å². The van der Waals surface area contributed by atoms with Gasteiger partial charge in [-0.15, -0.1) is 0 Å². The summed E-state index contributed by atoms with van der Waals surface area (Å²) in [5.41, 5.74) is 0.0260. The molecule has 0 radical (unpaired) electrons. The Morgan fingerprint density at radius 3 is 1.75 bits per heavy atom. The Kier molecular flexibility index (Phi) is 4.91. The Morgan fingerprint density at radius 1 is 1.19 bits per heavy atom. The second kappa shape index (κ2) is 5.28. The fourth-order valence-electron chi connectivity index (χ4n) is 1.09. The van der Waals surface area contributed by atoms with E-state index < -0.39 is 0 Å². The van der Waals surface area contributed by atoms with Crippen molar-refractivity contribution in [2.45, 2.75) is 47.0 Å². The van der Waals surface area contributed by atoms with Crippen molar-refractivity contribution in [2.24, 2.45) is 12.5 Å². The lowest BCUT2D eigenvalue weighted by Crippen LogP contribution is -2.16. The van der Waals surface area contributed by atoms with Gasteiger partial charge in [-0.2, -0.15) is 0 Å². The van der Waals surface area contributed by atoms with Crippen molar-refractivity contribution in [3.05, 3.63) is 18.2 Å². The molecule has 1 heterocycles. The van der Waals surface area contributed by atoms with E-state index >= 15 is 0 Å². The van der Waals surface area contributed by atoms with Crippen molar-refractivity contribution in [1.29, 1.82) is 0 Å². The molecule has 0 aliphatic heterocycles. The molecule has 0 saturated carbocycles. The molecular formula is C13H24N2O. The fourth-order valence-corrected chi connectivity index (χ4v) is 1.09. The maximum atomic E-state index is 9.83. The molecule has 0 saturated heterocycles. The Hall–Kier alpha value is -1.12. The second-order valence-electron chi connectivity index (χ2n) is 6.10. The van der Waals surface area contributed by atoms with E-state index in [0.29, 0.717) is 0 Å². The first-order valence-electron chi connectivity index (χ1n) is 5.52. The largest absolute Gasteiger partial charge is 0.338 e. The minimum Gasteiger partial charge on any atom is -0.338 e. The van der Waals surface area contributed by atoms with Crippen LogP contribution in [0.1, 0.15) is 47.4 Å². The maximum absolute atomic E-state index is 9.83. The van der Waals surface area contributed by atoms with E-state index in [1.165, 1.54) is 0 Å². The SMILES string of the molecule is CC(C)(C)C=O.Cn1ccnc1C(C)(C)C. The van der Waals surface area contributed by atoms with Crippen molar-refractivity contribution >= 4 is 6.29 Å². The lowest BCUT2D eigenvalue weighted by atomic mass is 9.96. The molecule has 16 heavy (non-hydrogen) atoms. The van der Waals surface area contributed by atoms with Crippen LogP contribution in [0.5, 0.6) is 0 Å². The van der Waals surface area contributed by atoms with Crippen LogP contribution in [0.15, 0.2) is 12.4 Å². The van der Waals surface area contributed by atoms with E-state index in [4.69, 9.17) is 0 Å². The molecule has 92 valence electrons. The highest BCUT2D eigenvalue weighted by molar-refractivity contribution is 5.56. The van der Waals surface area contributed by atoms with Gasteiger partial charge < -0.3 is 9.36 Å². The van der Waals surface area contributed by atoms with Gasteiger partial charge in [0, 0.05) is 30.3 Å². The molecule has 3 heteroatoms. The van der Waals surface area contributed by atoms with Gasteiger partial charge in [-0.25, -0.2) is 4.98 Å². The van der Waals surface area contributed by atoms with Crippen LogP contribution in [0, 0.1) is 5.41 Å². The van der Waals surface area contributed by atoms with E-state index in [-0.39, 0.29) is 10.8 Å². The Balaban J connectivity index is 0.000000325. The highest BCUT2D eigenvalue weighted by atomic mass is 16.1. The van der Waals surface area contributed by atoms with E-state index in [1.807, 2.05) is 40.2 Å². The molecule has 0 fully saturated rings. The number of imidazole rings is 1. The summed E-state index contributed by atoms with van der Waals surface area (Å²) in [7, 11) is 2.02. The molecule has 3 nitrogen and oxygen atoms in total. The third kappa shape index (κ3) is 5.69. The number of aryl methyl sites for hydroxylation is 1. The summed E-state index contributed by atoms with van der Waals surface area (Å²) in [5, 5.41) is 0. The third-order valence-corrected chi connectivity index (χ3v) is 1.85. The van der Waals surface area contributed by atoms with Gasteiger partial charge in [0.2, 0.25) is 0 Å². The second-order valence-corrected chi connectivity index (χ2v) is 6.10. The molecule has 1 rings (SSSR count). The summed E-state index contributed by atoms with van der Waals surface area (Å²) in [6.07, 6.45) is 4.74. The molecule has 1 aromatic heterocycles. The standard InChI is InChI=1S/C8H14N2.C5H10O/c1-8(2,3)7-9-5-6-10(7)4;1-5(2,3)4-6/h5-6H,1-4H3;4H,1-3H3. The van der Waals surface area contributed by atoms with Gasteiger partial charge in [0.1, 0.15) is 12.1 Å². The number of aromatic nitrogens is 2. The van der Waals surface area contributed by atoms with Gasteiger partial charge in [-0.05, 0) is 0 Å². The van der Waals surface area contributed by atoms with Crippen molar-refractivity contribution in [2.75, 3.05) is 0 Å². The van der Waals surface area contributed by atoms with Crippen LogP contribution in [0.3, 0.4) is 0 Å². The summed E-state index contributed by atoms with van der Waals surface area (Å²) in [5.74, 6) is 1.13. The first-order chi connectivity index (χ1) is 7.08. The van der Waals surface area contributed by atoms with E-state index in [2.05, 4.69) is 30.3 Å². The average molecular weight is 224 g/mol. The lowest BCUT2D eigenvalue weighted by Gasteiger charge is -2.17. The van der Waals surface area contributed by atoms with Gasteiger partial charge in [0.15, 0.2) is 0 Å². The summed E-state index contributed by atoms with van der Waals surface area (Å²) < 4.78 is 2.06. The summed E-state index contributed by atoms with van der Waals surface area (Å²) in [6, 6.07) is 0. The molecule has 0 aliphatic rings. The Morgan fingerprint density at radius 2 is 1.62 bits per heavy atom. The normalized spacial score (nSPS) is 11.7. The number of nitrogens with zero attached hydrogens (tertiary/aromatic N) is 2. The Labute approximate surface area is 98.9 Å². The van der Waals surface area contributed by atoms with E-state index in [1.54, 1.807) is 0 Å². The topological polar surface area (TPSA) is 34.9 Å². The predicted molar refractivity (Wildman–Crippen MR) is 67.4 cm³/mol. The van der Waals surface area contributed by atoms with E-state index in [9.17, 15) is 4.79 Å². The monoisotopic (exact) mass is 224 g/mol. The Bertz CT molecular complexity index is 326. The van der Waals surface area contributed by atoms with Crippen molar-refractivity contribution in [1.82, 2.24) is 9.55 Å². The first-order valence-corrected chi connectivity index (χ1v) is 5.52. The molecular weight excluding hydrogens is 200 g/mol. The molecule has 0 atom stereocenters. The smallest absolute Gasteiger partial charge is 0.125 e. The third-order valence-electron chi connectivity index (χ3n) is 1.85. The van der Waals surface area contributed by atoms with Crippen LogP contribution in [0.4, 0.5) is 0 Å². The number of hydrogen-bond donors (Lipinski definition) is 0.